The van der Waals surface area contributed by atoms with Crippen molar-refractivity contribution in [2.24, 2.45) is 5.10 Å². The lowest BCUT2D eigenvalue weighted by atomic mass is 10.2. The molecule has 0 aliphatic heterocycles. The number of thioether (sulfide) groups is 1. The molecule has 0 atom stereocenters. The molecule has 0 spiro atoms. The number of para-hydroxylation sites is 1. The van der Waals surface area contributed by atoms with Crippen molar-refractivity contribution in [2.45, 2.75) is 5.16 Å². The van der Waals surface area contributed by atoms with Gasteiger partial charge in [0.05, 0.1) is 28.6 Å². The summed E-state index contributed by atoms with van der Waals surface area (Å²) >= 11 is 10.6. The van der Waals surface area contributed by atoms with Crippen molar-refractivity contribution in [3.8, 4) is 5.69 Å². The minimum Gasteiger partial charge on any atom is -0.272 e. The fraction of sp³-hybridized carbons (Fsp3) is 0.0435. The van der Waals surface area contributed by atoms with Crippen LogP contribution in [0.2, 0.25) is 5.02 Å². The Morgan fingerprint density at radius 1 is 1.12 bits per heavy atom. The molecule has 0 fully saturated rings. The van der Waals surface area contributed by atoms with Crippen LogP contribution in [0.15, 0.2) is 92.3 Å². The maximum Gasteiger partial charge on any atom is 0.266 e. The summed E-state index contributed by atoms with van der Waals surface area (Å²) in [5, 5.41) is 5.45. The SMILES string of the molecule is O=C(CSc1nc2ccccc2c(=O)n1-c1ccc(Cl)cc1)N/N=C\c1cccc(Br)c1. The van der Waals surface area contributed by atoms with Crippen molar-refractivity contribution in [2.75, 3.05) is 5.75 Å². The quantitative estimate of drug-likeness (QED) is 0.165. The molecule has 4 aromatic rings. The Morgan fingerprint density at radius 3 is 2.69 bits per heavy atom. The minimum absolute atomic E-state index is 0.0359. The zero-order valence-electron chi connectivity index (χ0n) is 16.5. The molecule has 0 bridgehead atoms. The highest BCUT2D eigenvalue weighted by atomic mass is 79.9. The standard InChI is InChI=1S/C23H16BrClN4O2S/c24-16-5-3-4-15(12-16)13-26-28-21(30)14-32-23-27-20-7-2-1-6-19(20)22(31)29(23)18-10-8-17(25)9-11-18/h1-13H,14H2,(H,28,30)/b26-13-. The molecule has 32 heavy (non-hydrogen) atoms. The molecule has 0 aliphatic carbocycles. The lowest BCUT2D eigenvalue weighted by Gasteiger charge is -2.13. The molecule has 1 heterocycles. The fourth-order valence-corrected chi connectivity index (χ4v) is 4.30. The van der Waals surface area contributed by atoms with E-state index in [0.717, 1.165) is 21.8 Å². The Bertz CT molecular complexity index is 1370. The first-order chi connectivity index (χ1) is 15.5. The van der Waals surface area contributed by atoms with Gasteiger partial charge < -0.3 is 0 Å². The van der Waals surface area contributed by atoms with Crippen LogP contribution in [0.4, 0.5) is 0 Å². The van der Waals surface area contributed by atoms with Gasteiger partial charge in [0.2, 0.25) is 0 Å². The number of hydrogen-bond acceptors (Lipinski definition) is 5. The number of benzene rings is 3. The summed E-state index contributed by atoms with van der Waals surface area (Å²) in [6.07, 6.45) is 1.56. The van der Waals surface area contributed by atoms with Gasteiger partial charge in [0.15, 0.2) is 5.16 Å². The number of fused-ring (bicyclic) bond motifs is 1. The molecule has 0 saturated carbocycles. The number of hydrogen-bond donors (Lipinski definition) is 1. The topological polar surface area (TPSA) is 76.3 Å². The summed E-state index contributed by atoms with van der Waals surface area (Å²) in [5.41, 5.74) is 4.32. The van der Waals surface area contributed by atoms with Crippen molar-refractivity contribution in [1.29, 1.82) is 0 Å². The summed E-state index contributed by atoms with van der Waals surface area (Å²) in [7, 11) is 0. The highest BCUT2D eigenvalue weighted by Gasteiger charge is 2.14. The molecule has 4 rings (SSSR count). The second-order valence-electron chi connectivity index (χ2n) is 6.67. The van der Waals surface area contributed by atoms with Gasteiger partial charge in [-0.15, -0.1) is 0 Å². The van der Waals surface area contributed by atoms with Crippen LogP contribution in [-0.4, -0.2) is 27.4 Å². The molecular formula is C23H16BrClN4O2S. The predicted octanol–water partition coefficient (Wildman–Crippen LogP) is 5.04. The normalized spacial score (nSPS) is 11.2. The Hall–Kier alpha value is -2.94. The number of halogens is 2. The van der Waals surface area contributed by atoms with E-state index < -0.39 is 0 Å². The largest absolute Gasteiger partial charge is 0.272 e. The minimum atomic E-state index is -0.314. The maximum absolute atomic E-state index is 13.2. The smallest absolute Gasteiger partial charge is 0.266 e. The molecule has 0 unspecified atom stereocenters. The molecular weight excluding hydrogens is 512 g/mol. The third-order valence-corrected chi connectivity index (χ3v) is 6.10. The number of hydrazone groups is 1. The summed E-state index contributed by atoms with van der Waals surface area (Å²) in [4.78, 5) is 30.1. The Labute approximate surface area is 201 Å². The molecule has 1 aromatic heterocycles. The van der Waals surface area contributed by atoms with Crippen molar-refractivity contribution in [3.63, 3.8) is 0 Å². The molecule has 3 aromatic carbocycles. The lowest BCUT2D eigenvalue weighted by molar-refractivity contribution is -0.118. The molecule has 1 N–H and O–H groups in total. The van der Waals surface area contributed by atoms with Crippen molar-refractivity contribution in [1.82, 2.24) is 15.0 Å². The van der Waals surface area contributed by atoms with E-state index in [1.807, 2.05) is 30.3 Å². The average molecular weight is 528 g/mol. The number of amides is 1. The van der Waals surface area contributed by atoms with Crippen LogP contribution in [0.1, 0.15) is 5.56 Å². The molecule has 0 aliphatic rings. The monoisotopic (exact) mass is 526 g/mol. The summed E-state index contributed by atoms with van der Waals surface area (Å²) in [5.74, 6) is -0.278. The Morgan fingerprint density at radius 2 is 1.91 bits per heavy atom. The van der Waals surface area contributed by atoms with Crippen molar-refractivity contribution >= 4 is 62.3 Å². The predicted molar refractivity (Wildman–Crippen MR) is 133 cm³/mol. The van der Waals surface area contributed by atoms with Gasteiger partial charge in [-0.05, 0) is 54.1 Å². The van der Waals surface area contributed by atoms with Gasteiger partial charge in [-0.3, -0.25) is 14.2 Å². The lowest BCUT2D eigenvalue weighted by Crippen LogP contribution is -2.24. The van der Waals surface area contributed by atoms with Crippen LogP contribution in [0, 0.1) is 0 Å². The number of aromatic nitrogens is 2. The van der Waals surface area contributed by atoms with E-state index in [1.165, 1.54) is 4.57 Å². The highest BCUT2D eigenvalue weighted by molar-refractivity contribution is 9.10. The van der Waals surface area contributed by atoms with Gasteiger partial charge >= 0.3 is 0 Å². The molecule has 1 amide bonds. The first kappa shape index (κ1) is 22.3. The maximum atomic E-state index is 13.2. The number of nitrogens with one attached hydrogen (secondary N) is 1. The van der Waals surface area contributed by atoms with Gasteiger partial charge in [0.25, 0.3) is 11.5 Å². The average Bonchev–Trinajstić information content (AvgIpc) is 2.79. The van der Waals surface area contributed by atoms with E-state index >= 15 is 0 Å². The van der Waals surface area contributed by atoms with Crippen LogP contribution in [-0.2, 0) is 4.79 Å². The second kappa shape index (κ2) is 10.1. The highest BCUT2D eigenvalue weighted by Crippen LogP contribution is 2.22. The number of rotatable bonds is 6. The third kappa shape index (κ3) is 5.27. The zero-order valence-corrected chi connectivity index (χ0v) is 19.7. The summed E-state index contributed by atoms with van der Waals surface area (Å²) in [6, 6.07) is 21.6. The van der Waals surface area contributed by atoms with E-state index in [-0.39, 0.29) is 17.2 Å². The van der Waals surface area contributed by atoms with E-state index in [0.29, 0.717) is 26.8 Å². The van der Waals surface area contributed by atoms with E-state index in [4.69, 9.17) is 11.6 Å². The van der Waals surface area contributed by atoms with E-state index in [9.17, 15) is 9.59 Å². The molecule has 160 valence electrons. The van der Waals surface area contributed by atoms with Gasteiger partial charge in [0.1, 0.15) is 0 Å². The van der Waals surface area contributed by atoms with Crippen molar-refractivity contribution in [3.05, 3.63) is 98.2 Å². The first-order valence-corrected chi connectivity index (χ1v) is 11.6. The summed E-state index contributed by atoms with van der Waals surface area (Å²) < 4.78 is 2.41. The van der Waals surface area contributed by atoms with Crippen LogP contribution < -0.4 is 11.0 Å². The molecule has 9 heteroatoms. The Kier molecular flexibility index (Phi) is 7.04. The van der Waals surface area contributed by atoms with E-state index in [1.54, 1.807) is 48.7 Å². The van der Waals surface area contributed by atoms with Crippen LogP contribution >= 0.6 is 39.3 Å². The molecule has 0 saturated heterocycles. The van der Waals surface area contributed by atoms with E-state index in [2.05, 4.69) is 31.4 Å². The van der Waals surface area contributed by atoms with Crippen LogP contribution in [0.5, 0.6) is 0 Å². The third-order valence-electron chi connectivity index (χ3n) is 4.41. The second-order valence-corrected chi connectivity index (χ2v) is 8.96. The zero-order chi connectivity index (χ0) is 22.5. The Balaban J connectivity index is 1.56. The van der Waals surface area contributed by atoms with Crippen LogP contribution in [0.25, 0.3) is 16.6 Å². The van der Waals surface area contributed by atoms with Crippen LogP contribution in [0.3, 0.4) is 0 Å². The first-order valence-electron chi connectivity index (χ1n) is 9.49. The van der Waals surface area contributed by atoms with Gasteiger partial charge in [0, 0.05) is 9.50 Å². The summed E-state index contributed by atoms with van der Waals surface area (Å²) in [6.45, 7) is 0. The number of carbonyl (C=O) groups is 1. The number of nitrogens with zero attached hydrogens (tertiary/aromatic N) is 3. The van der Waals surface area contributed by atoms with Gasteiger partial charge in [-0.1, -0.05) is 63.6 Å². The molecule has 6 nitrogen and oxygen atoms in total. The molecule has 0 radical (unpaired) electrons. The van der Waals surface area contributed by atoms with Gasteiger partial charge in [-0.2, -0.15) is 5.10 Å². The van der Waals surface area contributed by atoms with Gasteiger partial charge in [-0.25, -0.2) is 10.4 Å². The fourth-order valence-electron chi connectivity index (χ4n) is 2.96. The van der Waals surface area contributed by atoms with Crippen molar-refractivity contribution < 1.29 is 4.79 Å². The number of carbonyl (C=O) groups excluding carboxylic acids is 1.